The molecule has 322 valence electrons. The van der Waals surface area contributed by atoms with Gasteiger partial charge in [0.05, 0.1) is 62.5 Å². The highest BCUT2D eigenvalue weighted by Gasteiger charge is 2.64. The van der Waals surface area contributed by atoms with E-state index in [4.69, 9.17) is 18.9 Å². The van der Waals surface area contributed by atoms with E-state index in [1.54, 1.807) is 24.3 Å². The van der Waals surface area contributed by atoms with Crippen molar-refractivity contribution in [2.45, 2.75) is 122 Å². The summed E-state index contributed by atoms with van der Waals surface area (Å²) in [4.78, 5) is 73.1. The molecule has 4 heterocycles. The fourth-order valence-electron chi connectivity index (χ4n) is 11.1. The van der Waals surface area contributed by atoms with E-state index in [9.17, 15) is 39.0 Å². The minimum atomic E-state index is -1.40. The number of carboxylic acids is 2. The summed E-state index contributed by atoms with van der Waals surface area (Å²) in [5, 5.41) is 21.6. The van der Waals surface area contributed by atoms with Crippen LogP contribution in [0.3, 0.4) is 0 Å². The Kier molecular flexibility index (Phi) is 13.1. The number of carboxylic acid groups (broad SMARTS) is 2. The second-order valence-electron chi connectivity index (χ2n) is 17.6. The Morgan fingerprint density at radius 3 is 1.22 bits per heavy atom. The molecule has 4 aliphatic rings. The highest BCUT2D eigenvalue weighted by Crippen LogP contribution is 2.58. The first-order chi connectivity index (χ1) is 28.3. The molecular formula is C46H58N2O12+2. The molecule has 4 aliphatic heterocycles. The molecule has 0 aromatic heterocycles. The number of nitrogens with zero attached hydrogens (tertiary/aromatic N) is 2. The van der Waals surface area contributed by atoms with E-state index in [-0.39, 0.29) is 59.0 Å². The van der Waals surface area contributed by atoms with Crippen LogP contribution in [0.15, 0.2) is 61.0 Å². The van der Waals surface area contributed by atoms with Crippen LogP contribution >= 0.6 is 0 Å². The maximum atomic E-state index is 13.7. The van der Waals surface area contributed by atoms with Crippen LogP contribution in [0.4, 0.5) is 0 Å². The average Bonchev–Trinajstić information content (AvgIpc) is 3.38. The number of allylic oxidation sites excluding steroid dienone is 2. The number of hydrogen-bond donors (Lipinski definition) is 2. The Bertz CT molecular complexity index is 1930. The molecular weight excluding hydrogens is 773 g/mol. The van der Waals surface area contributed by atoms with Crippen LogP contribution < -0.4 is 18.9 Å². The molecule has 4 bridgehead atoms. The average molecular weight is 831 g/mol. The van der Waals surface area contributed by atoms with Crippen molar-refractivity contribution in [2.24, 2.45) is 17.3 Å². The Morgan fingerprint density at radius 1 is 0.583 bits per heavy atom. The van der Waals surface area contributed by atoms with Crippen molar-refractivity contribution in [1.29, 1.82) is 0 Å². The van der Waals surface area contributed by atoms with Gasteiger partial charge in [-0.2, -0.15) is 0 Å². The molecule has 14 nitrogen and oxygen atoms in total. The third-order valence-electron chi connectivity index (χ3n) is 13.9. The zero-order valence-electron chi connectivity index (χ0n) is 35.4. The van der Waals surface area contributed by atoms with Gasteiger partial charge in [-0.1, -0.05) is 12.1 Å². The van der Waals surface area contributed by atoms with Crippen molar-refractivity contribution in [3.63, 3.8) is 0 Å². The van der Waals surface area contributed by atoms with E-state index in [0.717, 1.165) is 36.8 Å². The van der Waals surface area contributed by atoms with E-state index in [1.807, 2.05) is 12.1 Å². The normalized spacial score (nSPS) is 29.2. The topological polar surface area (TPSA) is 180 Å². The van der Waals surface area contributed by atoms with Gasteiger partial charge in [-0.3, -0.25) is 37.7 Å². The number of carbonyl (C=O) groups excluding carboxylic acids is 4. The van der Waals surface area contributed by atoms with Gasteiger partial charge in [0.2, 0.25) is 0 Å². The highest BCUT2D eigenvalue weighted by atomic mass is 16.6. The van der Waals surface area contributed by atoms with Gasteiger partial charge < -0.3 is 29.2 Å². The minimum absolute atomic E-state index is 0.134. The summed E-state index contributed by atoms with van der Waals surface area (Å²) in [6.45, 7) is 5.11. The molecule has 2 N–H and O–H groups in total. The first-order valence-electron chi connectivity index (χ1n) is 20.8. The Labute approximate surface area is 350 Å². The standard InChI is InChI=1S/C46H56N2O12/c1-28(49)57-40-17-11-32(21-42(40)59-30(3)51)9-7-19-47(5)36-13-14-37(47)24-34(23-36)46(45(55)56,27-44(53)54)35-25-38-15-16-39(26-35)48(38,6)20-8-10-33-12-18-41(58-29(2)50)43(22-33)60-31(4)52/h7-8,11-12,17-22,34-39H,9-10,13-16,23-27H2,1-6H3/p+2. The highest BCUT2D eigenvalue weighted by molar-refractivity contribution is 5.82. The quantitative estimate of drug-likeness (QED) is 0.113. The van der Waals surface area contributed by atoms with E-state index < -0.39 is 47.7 Å². The molecule has 6 rings (SSSR count). The van der Waals surface area contributed by atoms with Gasteiger partial charge in [0.1, 0.15) is 0 Å². The molecule has 4 saturated heterocycles. The summed E-state index contributed by atoms with van der Waals surface area (Å²) < 4.78 is 22.3. The van der Waals surface area contributed by atoms with Crippen molar-refractivity contribution in [1.82, 2.24) is 0 Å². The Morgan fingerprint density at radius 2 is 0.917 bits per heavy atom. The van der Waals surface area contributed by atoms with Crippen molar-refractivity contribution < 1.29 is 66.9 Å². The van der Waals surface area contributed by atoms with Gasteiger partial charge in [-0.25, -0.2) is 0 Å². The number of benzene rings is 2. The Balaban J connectivity index is 1.18. The molecule has 14 heteroatoms. The number of carbonyl (C=O) groups is 6. The second kappa shape index (κ2) is 17.7. The SMILES string of the molecule is CC(=O)Oc1ccc(CC=C[N+]2(C)C3CCC2CC(C(CC(=O)O)(C(=O)O)C2CC4CCC(C2)[N+]4(C)C=CCc2ccc(OC(C)=O)c(OC(C)=O)c2)C3)cc1OC(C)=O. The van der Waals surface area contributed by atoms with E-state index in [1.165, 1.54) is 27.7 Å². The number of rotatable bonds is 15. The fourth-order valence-corrected chi connectivity index (χ4v) is 11.1. The summed E-state index contributed by atoms with van der Waals surface area (Å²) in [6.07, 6.45) is 15.3. The van der Waals surface area contributed by atoms with Crippen molar-refractivity contribution in [3.8, 4) is 23.0 Å². The molecule has 60 heavy (non-hydrogen) atoms. The minimum Gasteiger partial charge on any atom is -0.481 e. The van der Waals surface area contributed by atoms with Gasteiger partial charge in [0, 0.05) is 79.1 Å². The molecule has 2 aromatic rings. The molecule has 4 unspecified atom stereocenters. The van der Waals surface area contributed by atoms with Crippen LogP contribution in [0.2, 0.25) is 0 Å². The zero-order chi connectivity index (χ0) is 43.6. The number of hydrogen-bond acceptors (Lipinski definition) is 10. The summed E-state index contributed by atoms with van der Waals surface area (Å²) >= 11 is 0. The van der Waals surface area contributed by atoms with Crippen LogP contribution in [-0.4, -0.2) is 93.3 Å². The molecule has 2 aromatic carbocycles. The predicted molar refractivity (Wildman–Crippen MR) is 218 cm³/mol. The van der Waals surface area contributed by atoms with Gasteiger partial charge in [0.25, 0.3) is 0 Å². The van der Waals surface area contributed by atoms with Crippen LogP contribution in [0.1, 0.15) is 96.6 Å². The second-order valence-corrected chi connectivity index (χ2v) is 17.6. The molecule has 0 spiro atoms. The molecule has 4 fully saturated rings. The summed E-state index contributed by atoms with van der Waals surface area (Å²) in [7, 11) is 4.37. The molecule has 0 aliphatic carbocycles. The van der Waals surface area contributed by atoms with Crippen LogP contribution in [-0.2, 0) is 41.6 Å². The van der Waals surface area contributed by atoms with Gasteiger partial charge in [-0.05, 0) is 72.2 Å². The molecule has 0 amide bonds. The van der Waals surface area contributed by atoms with E-state index in [0.29, 0.717) is 47.5 Å². The first kappa shape index (κ1) is 44.2. The zero-order valence-corrected chi connectivity index (χ0v) is 35.4. The molecule has 0 saturated carbocycles. The lowest BCUT2D eigenvalue weighted by Crippen LogP contribution is -2.62. The lowest BCUT2D eigenvalue weighted by atomic mass is 9.57. The largest absolute Gasteiger partial charge is 0.481 e. The summed E-state index contributed by atoms with van der Waals surface area (Å²) in [5.74, 6) is -4.12. The third kappa shape index (κ3) is 9.19. The van der Waals surface area contributed by atoms with Gasteiger partial charge in [-0.15, -0.1) is 0 Å². The number of quaternary nitrogens is 2. The first-order valence-corrected chi connectivity index (χ1v) is 20.8. The lowest BCUT2D eigenvalue weighted by Gasteiger charge is -2.54. The van der Waals surface area contributed by atoms with E-state index >= 15 is 0 Å². The summed E-state index contributed by atoms with van der Waals surface area (Å²) in [5.41, 5.74) is 0.313. The predicted octanol–water partition coefficient (Wildman–Crippen LogP) is 6.52. The Hall–Kier alpha value is -5.34. The van der Waals surface area contributed by atoms with E-state index in [2.05, 4.69) is 38.6 Å². The lowest BCUT2D eigenvalue weighted by molar-refractivity contribution is -0.904. The maximum absolute atomic E-state index is 13.7. The van der Waals surface area contributed by atoms with Crippen molar-refractivity contribution >= 4 is 35.8 Å². The van der Waals surface area contributed by atoms with Crippen LogP contribution in [0.5, 0.6) is 23.0 Å². The smallest absolute Gasteiger partial charge is 0.310 e. The van der Waals surface area contributed by atoms with Crippen LogP contribution in [0.25, 0.3) is 0 Å². The monoisotopic (exact) mass is 830 g/mol. The number of ether oxygens (including phenoxy) is 4. The van der Waals surface area contributed by atoms with Gasteiger partial charge in [0.15, 0.2) is 23.0 Å². The maximum Gasteiger partial charge on any atom is 0.310 e. The number of esters is 4. The molecule has 0 radical (unpaired) electrons. The number of piperidine rings is 2. The van der Waals surface area contributed by atoms with Crippen LogP contribution in [0, 0.1) is 17.3 Å². The molecule has 4 atom stereocenters. The number of fused-ring (bicyclic) bond motifs is 4. The third-order valence-corrected chi connectivity index (χ3v) is 13.9. The fraction of sp³-hybridized carbons (Fsp3) is 0.522. The van der Waals surface area contributed by atoms with Gasteiger partial charge >= 0.3 is 35.8 Å². The summed E-state index contributed by atoms with van der Waals surface area (Å²) in [6, 6.07) is 10.7. The van der Waals surface area contributed by atoms with Crippen molar-refractivity contribution in [2.75, 3.05) is 14.1 Å². The number of aliphatic carboxylic acids is 2. The van der Waals surface area contributed by atoms with Crippen molar-refractivity contribution in [3.05, 3.63) is 72.1 Å².